The van der Waals surface area contributed by atoms with Gasteiger partial charge in [0.2, 0.25) is 5.91 Å². The molecule has 0 aliphatic heterocycles. The Morgan fingerprint density at radius 2 is 2.20 bits per heavy atom. The average Bonchev–Trinajstić information content (AvgIpc) is 2.77. The van der Waals surface area contributed by atoms with Gasteiger partial charge in [0.25, 0.3) is 0 Å². The van der Waals surface area contributed by atoms with Gasteiger partial charge in [-0.15, -0.1) is 11.3 Å². The van der Waals surface area contributed by atoms with Gasteiger partial charge in [-0.25, -0.2) is 9.78 Å². The van der Waals surface area contributed by atoms with Crippen LogP contribution >= 0.6 is 22.9 Å². The number of aryl methyl sites for hydroxylation is 1. The van der Waals surface area contributed by atoms with Crippen LogP contribution < -0.4 is 5.32 Å². The summed E-state index contributed by atoms with van der Waals surface area (Å²) in [7, 11) is 0. The fourth-order valence-electron chi connectivity index (χ4n) is 1.67. The summed E-state index contributed by atoms with van der Waals surface area (Å²) in [4.78, 5) is 27.2. The molecule has 2 N–H and O–H groups in total. The SMILES string of the molecule is Cc1nc(CC(=O)Nc2c(Cl)cccc2C(=O)O)cs1. The molecule has 0 unspecified atom stereocenters. The molecule has 0 aliphatic rings. The van der Waals surface area contributed by atoms with E-state index in [0.29, 0.717) is 5.69 Å². The first-order chi connectivity index (χ1) is 9.47. The number of anilines is 1. The van der Waals surface area contributed by atoms with Gasteiger partial charge in [-0.2, -0.15) is 0 Å². The maximum absolute atomic E-state index is 11.9. The number of amides is 1. The van der Waals surface area contributed by atoms with Crippen molar-refractivity contribution < 1.29 is 14.7 Å². The van der Waals surface area contributed by atoms with Gasteiger partial charge in [0.05, 0.1) is 33.4 Å². The molecule has 2 aromatic rings. The third-order valence-electron chi connectivity index (χ3n) is 2.52. The molecule has 1 amide bonds. The van der Waals surface area contributed by atoms with Gasteiger partial charge in [0.15, 0.2) is 0 Å². The third kappa shape index (κ3) is 3.34. The maximum atomic E-state index is 11.9. The highest BCUT2D eigenvalue weighted by atomic mass is 35.5. The topological polar surface area (TPSA) is 79.3 Å². The number of para-hydroxylation sites is 1. The number of hydrogen-bond donors (Lipinski definition) is 2. The molecule has 0 saturated carbocycles. The summed E-state index contributed by atoms with van der Waals surface area (Å²) >= 11 is 7.39. The number of rotatable bonds is 4. The molecule has 1 aromatic heterocycles. The smallest absolute Gasteiger partial charge is 0.337 e. The Morgan fingerprint density at radius 1 is 1.45 bits per heavy atom. The van der Waals surface area contributed by atoms with Gasteiger partial charge in [0, 0.05) is 5.38 Å². The minimum Gasteiger partial charge on any atom is -0.478 e. The van der Waals surface area contributed by atoms with Crippen molar-refractivity contribution in [3.05, 3.63) is 44.9 Å². The molecule has 1 heterocycles. The van der Waals surface area contributed by atoms with Crippen molar-refractivity contribution in [1.82, 2.24) is 4.98 Å². The second-order valence-corrected chi connectivity index (χ2v) is 5.52. The first-order valence-corrected chi connectivity index (χ1v) is 6.96. The van der Waals surface area contributed by atoms with E-state index in [2.05, 4.69) is 10.3 Å². The first-order valence-electron chi connectivity index (χ1n) is 5.70. The number of carbonyl (C=O) groups excluding carboxylic acids is 1. The van der Waals surface area contributed by atoms with Crippen LogP contribution in [-0.2, 0) is 11.2 Å². The van der Waals surface area contributed by atoms with Gasteiger partial charge < -0.3 is 10.4 Å². The van der Waals surface area contributed by atoms with Gasteiger partial charge in [-0.05, 0) is 19.1 Å². The molecule has 20 heavy (non-hydrogen) atoms. The molecule has 0 spiro atoms. The minimum atomic E-state index is -1.15. The van der Waals surface area contributed by atoms with Crippen molar-refractivity contribution in [3.63, 3.8) is 0 Å². The van der Waals surface area contributed by atoms with E-state index < -0.39 is 5.97 Å². The molecule has 0 aliphatic carbocycles. The second-order valence-electron chi connectivity index (χ2n) is 4.05. The number of hydrogen-bond acceptors (Lipinski definition) is 4. The number of benzene rings is 1. The van der Waals surface area contributed by atoms with Crippen LogP contribution in [0.1, 0.15) is 21.1 Å². The van der Waals surface area contributed by atoms with Gasteiger partial charge in [-0.1, -0.05) is 17.7 Å². The van der Waals surface area contributed by atoms with Crippen molar-refractivity contribution >= 4 is 40.5 Å². The molecule has 0 bridgehead atoms. The minimum absolute atomic E-state index is 0.0414. The third-order valence-corrected chi connectivity index (χ3v) is 3.65. The van der Waals surface area contributed by atoms with Crippen LogP contribution in [0.5, 0.6) is 0 Å². The van der Waals surface area contributed by atoms with Crippen molar-refractivity contribution in [2.75, 3.05) is 5.32 Å². The normalized spacial score (nSPS) is 10.3. The van der Waals surface area contributed by atoms with E-state index >= 15 is 0 Å². The molecule has 0 radical (unpaired) electrons. The van der Waals surface area contributed by atoms with E-state index in [1.165, 1.54) is 29.5 Å². The highest BCUT2D eigenvalue weighted by molar-refractivity contribution is 7.09. The summed E-state index contributed by atoms with van der Waals surface area (Å²) in [6.45, 7) is 1.85. The number of nitrogens with zero attached hydrogens (tertiary/aromatic N) is 1. The van der Waals surface area contributed by atoms with Gasteiger partial charge >= 0.3 is 5.97 Å². The Bertz CT molecular complexity index is 669. The number of aromatic nitrogens is 1. The molecular formula is C13H11ClN2O3S. The molecule has 2 rings (SSSR count). The maximum Gasteiger partial charge on any atom is 0.337 e. The number of carbonyl (C=O) groups is 2. The Balaban J connectivity index is 2.17. The van der Waals surface area contributed by atoms with Gasteiger partial charge in [0.1, 0.15) is 0 Å². The van der Waals surface area contributed by atoms with Crippen LogP contribution in [0, 0.1) is 6.92 Å². The van der Waals surface area contributed by atoms with Crippen LogP contribution in [0.4, 0.5) is 5.69 Å². The summed E-state index contributed by atoms with van der Waals surface area (Å²) in [5, 5.41) is 14.5. The van der Waals surface area contributed by atoms with Crippen LogP contribution in [0.25, 0.3) is 0 Å². The monoisotopic (exact) mass is 310 g/mol. The molecule has 1 aromatic carbocycles. The van der Waals surface area contributed by atoms with Crippen LogP contribution in [-0.4, -0.2) is 22.0 Å². The molecule has 0 saturated heterocycles. The number of aromatic carboxylic acids is 1. The summed E-state index contributed by atoms with van der Waals surface area (Å²) in [5.41, 5.74) is 0.716. The van der Waals surface area contributed by atoms with E-state index in [1.54, 1.807) is 5.38 Å². The zero-order valence-corrected chi connectivity index (χ0v) is 12.1. The lowest BCUT2D eigenvalue weighted by Crippen LogP contribution is -2.17. The zero-order valence-electron chi connectivity index (χ0n) is 10.5. The number of carboxylic acids is 1. The quantitative estimate of drug-likeness (QED) is 0.910. The van der Waals surface area contributed by atoms with E-state index in [0.717, 1.165) is 5.01 Å². The summed E-state index contributed by atoms with van der Waals surface area (Å²) < 4.78 is 0. The van der Waals surface area contributed by atoms with Crippen LogP contribution in [0.15, 0.2) is 23.6 Å². The Hall–Kier alpha value is -1.92. The predicted octanol–water partition coefficient (Wildman–Crippen LogP) is 2.98. The highest BCUT2D eigenvalue weighted by Crippen LogP contribution is 2.26. The molecule has 7 heteroatoms. The standard InChI is InChI=1S/C13H11ClN2O3S/c1-7-15-8(6-20-7)5-11(17)16-12-9(13(18)19)3-2-4-10(12)14/h2-4,6H,5H2,1H3,(H,16,17)(H,18,19). The van der Waals surface area contributed by atoms with Crippen LogP contribution in [0.2, 0.25) is 5.02 Å². The fourth-order valence-corrected chi connectivity index (χ4v) is 2.50. The first kappa shape index (κ1) is 14.5. The summed E-state index contributed by atoms with van der Waals surface area (Å²) in [6.07, 6.45) is 0.0780. The molecule has 104 valence electrons. The van der Waals surface area contributed by atoms with Crippen molar-refractivity contribution in [1.29, 1.82) is 0 Å². The predicted molar refractivity (Wildman–Crippen MR) is 77.6 cm³/mol. The molecule has 0 fully saturated rings. The second kappa shape index (κ2) is 6.02. The number of carboxylic acid groups (broad SMARTS) is 1. The van der Waals surface area contributed by atoms with E-state index in [9.17, 15) is 9.59 Å². The number of nitrogens with one attached hydrogen (secondary N) is 1. The lowest BCUT2D eigenvalue weighted by Gasteiger charge is -2.09. The van der Waals surface area contributed by atoms with E-state index in [-0.39, 0.29) is 28.6 Å². The Morgan fingerprint density at radius 3 is 2.80 bits per heavy atom. The number of halogens is 1. The van der Waals surface area contributed by atoms with Crippen molar-refractivity contribution in [3.8, 4) is 0 Å². The molecule has 0 atom stereocenters. The molecular weight excluding hydrogens is 300 g/mol. The van der Waals surface area contributed by atoms with Gasteiger partial charge in [-0.3, -0.25) is 4.79 Å². The lowest BCUT2D eigenvalue weighted by molar-refractivity contribution is -0.115. The van der Waals surface area contributed by atoms with E-state index in [1.807, 2.05) is 6.92 Å². The Kier molecular flexibility index (Phi) is 4.36. The summed E-state index contributed by atoms with van der Waals surface area (Å²) in [6, 6.07) is 4.43. The lowest BCUT2D eigenvalue weighted by atomic mass is 10.1. The highest BCUT2D eigenvalue weighted by Gasteiger charge is 2.16. The number of thiazole rings is 1. The molecule has 5 nitrogen and oxygen atoms in total. The average molecular weight is 311 g/mol. The largest absolute Gasteiger partial charge is 0.478 e. The van der Waals surface area contributed by atoms with E-state index in [4.69, 9.17) is 16.7 Å². The van der Waals surface area contributed by atoms with Crippen LogP contribution in [0.3, 0.4) is 0 Å². The van der Waals surface area contributed by atoms with Crippen molar-refractivity contribution in [2.45, 2.75) is 13.3 Å². The fraction of sp³-hybridized carbons (Fsp3) is 0.154. The summed E-state index contributed by atoms with van der Waals surface area (Å²) in [5.74, 6) is -1.50. The van der Waals surface area contributed by atoms with Crippen molar-refractivity contribution in [2.24, 2.45) is 0 Å². The Labute approximate surface area is 124 Å². The zero-order chi connectivity index (χ0) is 14.7.